The van der Waals surface area contributed by atoms with E-state index in [0.717, 1.165) is 21.1 Å². The van der Waals surface area contributed by atoms with Crippen molar-refractivity contribution < 1.29 is 8.42 Å². The molecule has 4 rings (SSSR count). The molecule has 0 bridgehead atoms. The van der Waals surface area contributed by atoms with Gasteiger partial charge in [0.2, 0.25) is 9.84 Å². The van der Waals surface area contributed by atoms with Crippen molar-refractivity contribution in [2.45, 2.75) is 19.8 Å². The van der Waals surface area contributed by atoms with Gasteiger partial charge in [-0.3, -0.25) is 0 Å². The van der Waals surface area contributed by atoms with Crippen molar-refractivity contribution >= 4 is 32.6 Å². The molecule has 4 nitrogen and oxygen atoms in total. The minimum atomic E-state index is -3.48. The zero-order chi connectivity index (χ0) is 17.3. The van der Waals surface area contributed by atoms with E-state index in [-0.39, 0.29) is 4.90 Å². The lowest BCUT2D eigenvalue weighted by atomic mass is 10.3. The molecule has 1 N–H and O–H groups in total. The number of imidazole rings is 1. The third-order valence-corrected chi connectivity index (χ3v) is 6.45. The Labute approximate surface area is 149 Å². The fourth-order valence-corrected chi connectivity index (χ4v) is 4.59. The second kappa shape index (κ2) is 6.38. The number of hydrogen-bond acceptors (Lipinski definition) is 4. The number of hydrogen-bond donors (Lipinski definition) is 1. The molecule has 1 heterocycles. The van der Waals surface area contributed by atoms with Gasteiger partial charge in [0.05, 0.1) is 20.8 Å². The van der Waals surface area contributed by atoms with Gasteiger partial charge in [0.25, 0.3) is 0 Å². The van der Waals surface area contributed by atoms with E-state index in [1.165, 1.54) is 11.8 Å². The van der Waals surface area contributed by atoms with E-state index in [0.29, 0.717) is 4.90 Å². The van der Waals surface area contributed by atoms with Crippen molar-refractivity contribution in [2.75, 3.05) is 0 Å². The number of aromatic amines is 1. The second-order valence-electron chi connectivity index (χ2n) is 5.45. The van der Waals surface area contributed by atoms with E-state index in [4.69, 9.17) is 0 Å². The maximum Gasteiger partial charge on any atom is 0.206 e. The van der Waals surface area contributed by atoms with Gasteiger partial charge in [-0.05, 0) is 48.5 Å². The van der Waals surface area contributed by atoms with Crippen molar-refractivity contribution in [1.82, 2.24) is 9.97 Å². The lowest BCUT2D eigenvalue weighted by Gasteiger charge is -2.05. The number of para-hydroxylation sites is 2. The van der Waals surface area contributed by atoms with Crippen LogP contribution in [0.3, 0.4) is 0 Å². The largest absolute Gasteiger partial charge is 0.333 e. The lowest BCUT2D eigenvalue weighted by molar-refractivity contribution is 0.596. The van der Waals surface area contributed by atoms with Crippen LogP contribution in [-0.2, 0) is 9.84 Å². The molecule has 25 heavy (non-hydrogen) atoms. The highest BCUT2D eigenvalue weighted by Crippen LogP contribution is 2.29. The normalized spacial score (nSPS) is 11.7. The number of nitrogens with one attached hydrogen (secondary N) is 1. The number of aromatic nitrogens is 2. The van der Waals surface area contributed by atoms with Crippen LogP contribution in [0.15, 0.2) is 98.7 Å². The molecule has 124 valence electrons. The fraction of sp³-hybridized carbons (Fsp3) is 0. The summed E-state index contributed by atoms with van der Waals surface area (Å²) in [4.78, 5) is 9.27. The van der Waals surface area contributed by atoms with Gasteiger partial charge in [0.1, 0.15) is 0 Å². The number of nitrogens with zero attached hydrogens (tertiary/aromatic N) is 1. The van der Waals surface area contributed by atoms with Crippen LogP contribution in [0.4, 0.5) is 0 Å². The Kier molecular flexibility index (Phi) is 4.07. The number of benzene rings is 3. The first kappa shape index (κ1) is 15.9. The predicted octanol–water partition coefficient (Wildman–Crippen LogP) is 4.55. The summed E-state index contributed by atoms with van der Waals surface area (Å²) in [5.41, 5.74) is 1.89. The topological polar surface area (TPSA) is 62.8 Å². The molecule has 4 aromatic rings. The van der Waals surface area contributed by atoms with Crippen LogP contribution in [0.2, 0.25) is 0 Å². The van der Waals surface area contributed by atoms with Gasteiger partial charge in [0.15, 0.2) is 5.16 Å². The lowest BCUT2D eigenvalue weighted by Crippen LogP contribution is -2.01. The van der Waals surface area contributed by atoms with Gasteiger partial charge >= 0.3 is 0 Å². The van der Waals surface area contributed by atoms with E-state index >= 15 is 0 Å². The molecule has 0 amide bonds. The highest BCUT2D eigenvalue weighted by Gasteiger charge is 2.17. The smallest absolute Gasteiger partial charge is 0.206 e. The van der Waals surface area contributed by atoms with Crippen molar-refractivity contribution in [3.63, 3.8) is 0 Å². The molecule has 0 aliphatic rings. The van der Waals surface area contributed by atoms with Crippen LogP contribution in [0.5, 0.6) is 0 Å². The van der Waals surface area contributed by atoms with Gasteiger partial charge < -0.3 is 4.98 Å². The van der Waals surface area contributed by atoms with Gasteiger partial charge in [-0.15, -0.1) is 0 Å². The molecule has 0 spiro atoms. The maximum atomic E-state index is 12.6. The molecular formula is C19H14N2O2S2. The van der Waals surface area contributed by atoms with Crippen LogP contribution < -0.4 is 0 Å². The highest BCUT2D eigenvalue weighted by molar-refractivity contribution is 7.99. The van der Waals surface area contributed by atoms with Crippen LogP contribution >= 0.6 is 11.8 Å². The number of H-pyrrole nitrogens is 1. The Balaban J connectivity index is 1.60. The zero-order valence-corrected chi connectivity index (χ0v) is 14.7. The van der Waals surface area contributed by atoms with Gasteiger partial charge in [-0.1, -0.05) is 42.1 Å². The molecule has 0 radical (unpaired) electrons. The number of sulfone groups is 1. The molecular weight excluding hydrogens is 352 g/mol. The SMILES string of the molecule is O=S(=O)(c1ccccc1)c1ccc(Sc2nc3ccccc3[nH]2)cc1. The molecule has 0 fully saturated rings. The van der Waals surface area contributed by atoms with Crippen LogP contribution in [0, 0.1) is 0 Å². The summed E-state index contributed by atoms with van der Waals surface area (Å²) in [5.74, 6) is 0. The van der Waals surface area contributed by atoms with Gasteiger partial charge in [-0.2, -0.15) is 0 Å². The van der Waals surface area contributed by atoms with Crippen molar-refractivity contribution in [3.05, 3.63) is 78.9 Å². The van der Waals surface area contributed by atoms with Crippen LogP contribution in [0.1, 0.15) is 0 Å². The Morgan fingerprint density at radius 2 is 1.40 bits per heavy atom. The Hall–Kier alpha value is -2.57. The summed E-state index contributed by atoms with van der Waals surface area (Å²) in [6.07, 6.45) is 0. The third kappa shape index (κ3) is 3.18. The summed E-state index contributed by atoms with van der Waals surface area (Å²) in [6, 6.07) is 23.1. The molecule has 1 aromatic heterocycles. The van der Waals surface area contributed by atoms with E-state index < -0.39 is 9.84 Å². The standard InChI is InChI=1S/C19H14N2O2S2/c22-25(23,15-6-2-1-3-7-15)16-12-10-14(11-13-16)24-19-20-17-8-4-5-9-18(17)21-19/h1-13H,(H,20,21). The molecule has 6 heteroatoms. The van der Waals surface area contributed by atoms with E-state index in [2.05, 4.69) is 9.97 Å². The minimum Gasteiger partial charge on any atom is -0.333 e. The monoisotopic (exact) mass is 366 g/mol. The van der Waals surface area contributed by atoms with Gasteiger partial charge in [0, 0.05) is 4.90 Å². The maximum absolute atomic E-state index is 12.6. The van der Waals surface area contributed by atoms with Crippen molar-refractivity contribution in [2.24, 2.45) is 0 Å². The number of rotatable bonds is 4. The predicted molar refractivity (Wildman–Crippen MR) is 98.6 cm³/mol. The quantitative estimate of drug-likeness (QED) is 0.576. The second-order valence-corrected chi connectivity index (χ2v) is 8.46. The van der Waals surface area contributed by atoms with Crippen LogP contribution in [0.25, 0.3) is 11.0 Å². The first-order valence-electron chi connectivity index (χ1n) is 7.66. The molecule has 0 aliphatic heterocycles. The summed E-state index contributed by atoms with van der Waals surface area (Å²) in [6.45, 7) is 0. The highest BCUT2D eigenvalue weighted by atomic mass is 32.2. The van der Waals surface area contributed by atoms with E-state index in [1.54, 1.807) is 54.6 Å². The van der Waals surface area contributed by atoms with Crippen molar-refractivity contribution in [3.8, 4) is 0 Å². The molecule has 0 aliphatic carbocycles. The first-order valence-corrected chi connectivity index (χ1v) is 9.96. The molecule has 3 aromatic carbocycles. The average molecular weight is 366 g/mol. The Bertz CT molecular complexity index is 1090. The average Bonchev–Trinajstić information content (AvgIpc) is 3.05. The summed E-state index contributed by atoms with van der Waals surface area (Å²) in [5, 5.41) is 0.778. The fourth-order valence-electron chi connectivity index (χ4n) is 2.51. The molecule has 0 unspecified atom stereocenters. The summed E-state index contributed by atoms with van der Waals surface area (Å²) < 4.78 is 25.2. The Morgan fingerprint density at radius 1 is 0.760 bits per heavy atom. The summed E-state index contributed by atoms with van der Waals surface area (Å²) >= 11 is 1.47. The molecule has 0 saturated carbocycles. The molecule has 0 atom stereocenters. The zero-order valence-electron chi connectivity index (χ0n) is 13.1. The molecule has 0 saturated heterocycles. The third-order valence-electron chi connectivity index (χ3n) is 3.77. The Morgan fingerprint density at radius 3 is 2.12 bits per heavy atom. The van der Waals surface area contributed by atoms with Gasteiger partial charge in [-0.25, -0.2) is 13.4 Å². The summed E-state index contributed by atoms with van der Waals surface area (Å²) in [7, 11) is -3.48. The first-order chi connectivity index (χ1) is 12.1. The van der Waals surface area contributed by atoms with E-state index in [1.807, 2.05) is 24.3 Å². The van der Waals surface area contributed by atoms with Crippen molar-refractivity contribution in [1.29, 1.82) is 0 Å². The van der Waals surface area contributed by atoms with E-state index in [9.17, 15) is 8.42 Å². The minimum absolute atomic E-state index is 0.285. The number of fused-ring (bicyclic) bond motifs is 1. The van der Waals surface area contributed by atoms with Crippen LogP contribution in [-0.4, -0.2) is 18.4 Å².